The summed E-state index contributed by atoms with van der Waals surface area (Å²) in [6.07, 6.45) is 11.9. The highest BCUT2D eigenvalue weighted by Gasteiger charge is 1.77. The Balaban J connectivity index is 0. The Bertz CT molecular complexity index is 168. The maximum absolute atomic E-state index is 3.68. The molecule has 0 aliphatic rings. The lowest BCUT2D eigenvalue weighted by Crippen LogP contribution is -1.66. The van der Waals surface area contributed by atoms with Gasteiger partial charge in [0.15, 0.2) is 0 Å². The summed E-state index contributed by atoms with van der Waals surface area (Å²) >= 11 is 0. The fourth-order valence-corrected chi connectivity index (χ4v) is 0.591. The van der Waals surface area contributed by atoms with E-state index in [9.17, 15) is 0 Å². The minimum Gasteiger partial charge on any atom is -0.0985 e. The largest absolute Gasteiger partial charge is 0.0985 e. The molecular formula is C12H20. The number of hydrogen-bond acceptors (Lipinski definition) is 0. The monoisotopic (exact) mass is 164 g/mol. The van der Waals surface area contributed by atoms with E-state index in [4.69, 9.17) is 0 Å². The van der Waals surface area contributed by atoms with Crippen molar-refractivity contribution < 1.29 is 0 Å². The van der Waals surface area contributed by atoms with Crippen molar-refractivity contribution in [3.05, 3.63) is 48.6 Å². The van der Waals surface area contributed by atoms with Crippen LogP contribution in [0, 0.1) is 0 Å². The lowest BCUT2D eigenvalue weighted by Gasteiger charge is -1.86. The molecule has 0 heteroatoms. The molecule has 0 bridgehead atoms. The van der Waals surface area contributed by atoms with E-state index >= 15 is 0 Å². The first-order chi connectivity index (χ1) is 5.85. The molecule has 0 heterocycles. The predicted octanol–water partition coefficient (Wildman–Crippen LogP) is 4.28. The molecule has 0 N–H and O–H groups in total. The zero-order valence-electron chi connectivity index (χ0n) is 8.67. The average Bonchev–Trinajstić information content (AvgIpc) is 2.15. The van der Waals surface area contributed by atoms with E-state index in [0.29, 0.717) is 0 Å². The summed E-state index contributed by atoms with van der Waals surface area (Å²) in [6, 6.07) is 0. The van der Waals surface area contributed by atoms with Crippen LogP contribution in [-0.4, -0.2) is 0 Å². The number of allylic oxidation sites excluding steroid dienone is 7. The summed E-state index contributed by atoms with van der Waals surface area (Å²) in [5, 5.41) is 0. The summed E-state index contributed by atoms with van der Waals surface area (Å²) in [5.74, 6) is 0. The fraction of sp³-hybridized carbons (Fsp3) is 0.333. The van der Waals surface area contributed by atoms with Crippen LogP contribution in [0.1, 0.15) is 27.7 Å². The molecule has 0 rings (SSSR count). The normalized spacial score (nSPS) is 11.5. The van der Waals surface area contributed by atoms with Gasteiger partial charge in [0, 0.05) is 0 Å². The van der Waals surface area contributed by atoms with Crippen molar-refractivity contribution >= 4 is 0 Å². The Labute approximate surface area is 77.0 Å². The van der Waals surface area contributed by atoms with Gasteiger partial charge in [0.2, 0.25) is 0 Å². The minimum absolute atomic E-state index is 1.14. The Kier molecular flexibility index (Phi) is 14.2. The molecule has 0 aliphatic heterocycles. The van der Waals surface area contributed by atoms with Crippen LogP contribution >= 0.6 is 0 Å². The highest BCUT2D eigenvalue weighted by atomic mass is 13.8. The molecule has 0 aromatic heterocycles. The Morgan fingerprint density at radius 2 is 1.67 bits per heavy atom. The zero-order chi connectivity index (χ0) is 9.82. The van der Waals surface area contributed by atoms with Gasteiger partial charge in [-0.3, -0.25) is 0 Å². The molecule has 0 amide bonds. The van der Waals surface area contributed by atoms with Crippen molar-refractivity contribution in [3.63, 3.8) is 0 Å². The maximum Gasteiger partial charge on any atom is -0.0266 e. The first kappa shape index (κ1) is 13.5. The van der Waals surface area contributed by atoms with Crippen LogP contribution in [0.15, 0.2) is 48.6 Å². The van der Waals surface area contributed by atoms with Crippen molar-refractivity contribution in [1.29, 1.82) is 0 Å². The van der Waals surface area contributed by atoms with Gasteiger partial charge in [-0.05, 0) is 19.4 Å². The van der Waals surface area contributed by atoms with Crippen LogP contribution in [0.4, 0.5) is 0 Å². The Morgan fingerprint density at radius 1 is 1.08 bits per heavy atom. The molecule has 0 saturated carbocycles. The third-order valence-electron chi connectivity index (χ3n) is 1.08. The van der Waals surface area contributed by atoms with Gasteiger partial charge in [0.25, 0.3) is 0 Å². The molecule has 0 aromatic rings. The molecule has 0 saturated heterocycles. The molecule has 0 aliphatic carbocycles. The molecule has 0 aromatic carbocycles. The van der Waals surface area contributed by atoms with Gasteiger partial charge < -0.3 is 0 Å². The van der Waals surface area contributed by atoms with E-state index in [1.807, 2.05) is 64.2 Å². The third-order valence-corrected chi connectivity index (χ3v) is 1.08. The van der Waals surface area contributed by atoms with Crippen molar-refractivity contribution in [1.82, 2.24) is 0 Å². The van der Waals surface area contributed by atoms with Gasteiger partial charge in [0.05, 0.1) is 0 Å². The molecule has 0 radical (unpaired) electrons. The Morgan fingerprint density at radius 3 is 2.00 bits per heavy atom. The van der Waals surface area contributed by atoms with E-state index in [-0.39, 0.29) is 0 Å². The van der Waals surface area contributed by atoms with Crippen LogP contribution in [0.5, 0.6) is 0 Å². The fourth-order valence-electron chi connectivity index (χ4n) is 0.591. The van der Waals surface area contributed by atoms with Gasteiger partial charge in [-0.25, -0.2) is 0 Å². The maximum atomic E-state index is 3.68. The predicted molar refractivity (Wildman–Crippen MR) is 59.3 cm³/mol. The van der Waals surface area contributed by atoms with Crippen molar-refractivity contribution in [2.75, 3.05) is 0 Å². The van der Waals surface area contributed by atoms with Crippen LogP contribution in [0.2, 0.25) is 0 Å². The van der Waals surface area contributed by atoms with E-state index < -0.39 is 0 Å². The number of rotatable bonds is 3. The summed E-state index contributed by atoms with van der Waals surface area (Å²) in [6.45, 7) is 11.7. The van der Waals surface area contributed by atoms with Crippen molar-refractivity contribution in [2.24, 2.45) is 0 Å². The quantitative estimate of drug-likeness (QED) is 0.546. The van der Waals surface area contributed by atoms with Crippen molar-refractivity contribution in [2.45, 2.75) is 27.7 Å². The summed E-state index contributed by atoms with van der Waals surface area (Å²) < 4.78 is 0. The third kappa shape index (κ3) is 8.96. The van der Waals surface area contributed by atoms with Crippen LogP contribution in [0.3, 0.4) is 0 Å². The second kappa shape index (κ2) is 12.6. The van der Waals surface area contributed by atoms with Gasteiger partial charge >= 0.3 is 0 Å². The summed E-state index contributed by atoms with van der Waals surface area (Å²) in [7, 11) is 0. The lowest BCUT2D eigenvalue weighted by atomic mass is 10.2. The first-order valence-electron chi connectivity index (χ1n) is 4.43. The van der Waals surface area contributed by atoms with Gasteiger partial charge in [-0.1, -0.05) is 56.9 Å². The highest BCUT2D eigenvalue weighted by molar-refractivity contribution is 5.32. The summed E-state index contributed by atoms with van der Waals surface area (Å²) in [5.41, 5.74) is 1.14. The average molecular weight is 164 g/mol. The molecule has 0 nitrogen and oxygen atoms in total. The van der Waals surface area contributed by atoms with E-state index in [2.05, 4.69) is 6.58 Å². The van der Waals surface area contributed by atoms with E-state index in [1.54, 1.807) is 0 Å². The van der Waals surface area contributed by atoms with Crippen LogP contribution in [0.25, 0.3) is 0 Å². The van der Waals surface area contributed by atoms with Gasteiger partial charge in [-0.2, -0.15) is 0 Å². The topological polar surface area (TPSA) is 0 Å². The second-order valence-corrected chi connectivity index (χ2v) is 1.90. The molecule has 0 unspecified atom stereocenters. The molecule has 12 heavy (non-hydrogen) atoms. The molecule has 68 valence electrons. The van der Waals surface area contributed by atoms with Crippen LogP contribution < -0.4 is 0 Å². The molecule has 0 fully saturated rings. The van der Waals surface area contributed by atoms with Gasteiger partial charge in [-0.15, -0.1) is 0 Å². The first-order valence-corrected chi connectivity index (χ1v) is 4.43. The molecule has 0 spiro atoms. The smallest absolute Gasteiger partial charge is 0.0266 e. The zero-order valence-corrected chi connectivity index (χ0v) is 8.67. The highest BCUT2D eigenvalue weighted by Crippen LogP contribution is 1.97. The van der Waals surface area contributed by atoms with Gasteiger partial charge in [0.1, 0.15) is 0 Å². The minimum atomic E-state index is 1.14. The molecule has 0 atom stereocenters. The van der Waals surface area contributed by atoms with E-state index in [1.165, 1.54) is 0 Å². The Hall–Kier alpha value is -1.04. The molecular weight excluding hydrogens is 144 g/mol. The number of hydrogen-bond donors (Lipinski definition) is 0. The lowest BCUT2D eigenvalue weighted by molar-refractivity contribution is 1.50. The SMILES string of the molecule is C=CC(/C=C\C)=C/C=C\C.CC. The summed E-state index contributed by atoms with van der Waals surface area (Å²) in [4.78, 5) is 0. The standard InChI is InChI=1S/C10H14.C2H6/c1-4-7-9-10(6-3)8-5-2;1-2/h4-9H,3H2,1-2H3;1-2H3/b7-4-,8-5-,10-9-;. The van der Waals surface area contributed by atoms with E-state index in [0.717, 1.165) is 5.57 Å². The second-order valence-electron chi connectivity index (χ2n) is 1.90. The van der Waals surface area contributed by atoms with Crippen LogP contribution in [-0.2, 0) is 0 Å². The van der Waals surface area contributed by atoms with Crippen molar-refractivity contribution in [3.8, 4) is 0 Å².